The number of hydrogen-bond donors (Lipinski definition) is 0. The largest absolute Gasteiger partial charge is 0.333 e. The summed E-state index contributed by atoms with van der Waals surface area (Å²) in [6.45, 7) is 2.79. The Labute approximate surface area is 125 Å². The zero-order valence-corrected chi connectivity index (χ0v) is 12.4. The molecule has 108 valence electrons. The Bertz CT molecular complexity index is 461. The van der Waals surface area contributed by atoms with Crippen molar-refractivity contribution < 1.29 is 4.79 Å². The van der Waals surface area contributed by atoms with E-state index in [1.807, 2.05) is 11.0 Å². The van der Waals surface area contributed by atoms with E-state index in [0.717, 1.165) is 25.7 Å². The van der Waals surface area contributed by atoms with Gasteiger partial charge in [0.05, 0.1) is 6.04 Å². The molecule has 1 saturated heterocycles. The Morgan fingerprint density at radius 3 is 2.60 bits per heavy atom. The fourth-order valence-electron chi connectivity index (χ4n) is 3.06. The van der Waals surface area contributed by atoms with E-state index in [2.05, 4.69) is 29.2 Å². The third-order valence-electron chi connectivity index (χ3n) is 4.29. The number of alkyl halides is 1. The minimum atomic E-state index is 0.182. The van der Waals surface area contributed by atoms with Crippen molar-refractivity contribution in [2.24, 2.45) is 0 Å². The van der Waals surface area contributed by atoms with Gasteiger partial charge < -0.3 is 4.90 Å². The van der Waals surface area contributed by atoms with E-state index >= 15 is 0 Å². The topological polar surface area (TPSA) is 23.6 Å². The van der Waals surface area contributed by atoms with Gasteiger partial charge in [-0.05, 0) is 18.4 Å². The van der Waals surface area contributed by atoms with Gasteiger partial charge in [0.15, 0.2) is 0 Å². The first-order valence-corrected chi connectivity index (χ1v) is 7.97. The van der Waals surface area contributed by atoms with Gasteiger partial charge >= 0.3 is 0 Å². The van der Waals surface area contributed by atoms with Gasteiger partial charge in [-0.3, -0.25) is 9.69 Å². The zero-order valence-electron chi connectivity index (χ0n) is 11.7. The lowest BCUT2D eigenvalue weighted by atomic mass is 10.0. The summed E-state index contributed by atoms with van der Waals surface area (Å²) in [4.78, 5) is 16.9. The first-order chi connectivity index (χ1) is 9.79. The summed E-state index contributed by atoms with van der Waals surface area (Å²) in [5.41, 5.74) is 1.24. The Kier molecular flexibility index (Phi) is 4.27. The molecule has 2 aliphatic rings. The van der Waals surface area contributed by atoms with Crippen molar-refractivity contribution in [1.82, 2.24) is 9.80 Å². The molecule has 20 heavy (non-hydrogen) atoms. The number of halogens is 1. The van der Waals surface area contributed by atoms with Crippen LogP contribution in [0.3, 0.4) is 0 Å². The molecule has 1 amide bonds. The van der Waals surface area contributed by atoms with Crippen LogP contribution in [0, 0.1) is 0 Å². The van der Waals surface area contributed by atoms with E-state index in [0.29, 0.717) is 12.3 Å². The van der Waals surface area contributed by atoms with E-state index in [9.17, 15) is 4.79 Å². The van der Waals surface area contributed by atoms with Crippen molar-refractivity contribution in [2.75, 3.05) is 25.5 Å². The van der Waals surface area contributed by atoms with Gasteiger partial charge in [-0.25, -0.2) is 0 Å². The van der Waals surface area contributed by atoms with Gasteiger partial charge in [-0.15, -0.1) is 11.6 Å². The van der Waals surface area contributed by atoms with Gasteiger partial charge in [0, 0.05) is 38.0 Å². The van der Waals surface area contributed by atoms with Crippen molar-refractivity contribution in [3.05, 3.63) is 35.9 Å². The van der Waals surface area contributed by atoms with Crippen molar-refractivity contribution in [1.29, 1.82) is 0 Å². The number of carbonyl (C=O) groups is 1. The van der Waals surface area contributed by atoms with Gasteiger partial charge in [-0.1, -0.05) is 30.3 Å². The summed E-state index contributed by atoms with van der Waals surface area (Å²) < 4.78 is 0. The van der Waals surface area contributed by atoms with Gasteiger partial charge in [0.1, 0.15) is 0 Å². The molecule has 1 heterocycles. The summed E-state index contributed by atoms with van der Waals surface area (Å²) in [5.74, 6) is 0.590. The van der Waals surface area contributed by atoms with Crippen LogP contribution in [0.5, 0.6) is 0 Å². The maximum Gasteiger partial charge on any atom is 0.224 e. The number of nitrogens with zero attached hydrogens (tertiary/aromatic N) is 2. The normalized spacial score (nSPS) is 23.9. The highest BCUT2D eigenvalue weighted by Gasteiger charge is 2.37. The number of rotatable bonds is 4. The van der Waals surface area contributed by atoms with E-state index in [-0.39, 0.29) is 11.9 Å². The van der Waals surface area contributed by atoms with Crippen molar-refractivity contribution in [3.63, 3.8) is 0 Å². The summed E-state index contributed by atoms with van der Waals surface area (Å²) in [7, 11) is 0. The van der Waals surface area contributed by atoms with Gasteiger partial charge in [-0.2, -0.15) is 0 Å². The Morgan fingerprint density at radius 2 is 1.95 bits per heavy atom. The molecule has 1 aliphatic heterocycles. The number of piperazine rings is 1. The van der Waals surface area contributed by atoms with E-state index < -0.39 is 0 Å². The third-order valence-corrected chi connectivity index (χ3v) is 4.48. The molecule has 0 N–H and O–H groups in total. The quantitative estimate of drug-likeness (QED) is 0.797. The summed E-state index contributed by atoms with van der Waals surface area (Å²) in [6.07, 6.45) is 3.07. The maximum atomic E-state index is 12.3. The van der Waals surface area contributed by atoms with E-state index in [1.54, 1.807) is 0 Å². The Balaban J connectivity index is 1.79. The van der Waals surface area contributed by atoms with Crippen LogP contribution in [-0.2, 0) is 4.79 Å². The monoisotopic (exact) mass is 292 g/mol. The maximum absolute atomic E-state index is 12.3. The van der Waals surface area contributed by atoms with Crippen LogP contribution in [0.1, 0.15) is 30.9 Å². The first-order valence-electron chi connectivity index (χ1n) is 7.44. The van der Waals surface area contributed by atoms with Gasteiger partial charge in [0.25, 0.3) is 0 Å². The molecule has 0 radical (unpaired) electrons. The average Bonchev–Trinajstić information content (AvgIpc) is 3.32. The highest BCUT2D eigenvalue weighted by atomic mass is 35.5. The highest BCUT2D eigenvalue weighted by Crippen LogP contribution is 2.33. The van der Waals surface area contributed by atoms with Crippen molar-refractivity contribution >= 4 is 17.5 Å². The van der Waals surface area contributed by atoms with E-state index in [4.69, 9.17) is 11.6 Å². The highest BCUT2D eigenvalue weighted by molar-refractivity contribution is 6.18. The molecule has 1 unspecified atom stereocenters. The van der Waals surface area contributed by atoms with Gasteiger partial charge in [0.2, 0.25) is 5.91 Å². The fraction of sp³-hybridized carbons (Fsp3) is 0.562. The van der Waals surface area contributed by atoms with Crippen LogP contribution < -0.4 is 0 Å². The fourth-order valence-corrected chi connectivity index (χ4v) is 3.22. The molecule has 0 bridgehead atoms. The third kappa shape index (κ3) is 2.99. The molecule has 4 heteroatoms. The molecule has 1 aromatic rings. The molecule has 3 nitrogen and oxygen atoms in total. The lowest BCUT2D eigenvalue weighted by Crippen LogP contribution is -2.51. The van der Waals surface area contributed by atoms with E-state index in [1.165, 1.54) is 18.4 Å². The van der Waals surface area contributed by atoms with Crippen LogP contribution in [0.2, 0.25) is 0 Å². The minimum Gasteiger partial charge on any atom is -0.333 e. The average molecular weight is 293 g/mol. The van der Waals surface area contributed by atoms with Crippen LogP contribution in [0.25, 0.3) is 0 Å². The summed E-state index contributed by atoms with van der Waals surface area (Å²) >= 11 is 5.74. The molecule has 3 rings (SSSR count). The number of hydrogen-bond acceptors (Lipinski definition) is 2. The van der Waals surface area contributed by atoms with Crippen LogP contribution in [-0.4, -0.2) is 47.3 Å². The summed E-state index contributed by atoms with van der Waals surface area (Å²) in [5, 5.41) is 0. The Hall–Kier alpha value is -1.06. The van der Waals surface area contributed by atoms with Crippen molar-refractivity contribution in [2.45, 2.75) is 31.3 Å². The standard InChI is InChI=1S/C16H21ClN2O/c17-9-8-16(20)19-11-10-18(14-6-7-14)12-15(19)13-4-2-1-3-5-13/h1-5,14-15H,6-12H2. The second-order valence-corrected chi connectivity index (χ2v) is 6.06. The molecule has 1 aliphatic carbocycles. The van der Waals surface area contributed by atoms with Crippen LogP contribution in [0.4, 0.5) is 0 Å². The lowest BCUT2D eigenvalue weighted by molar-refractivity contribution is -0.136. The second-order valence-electron chi connectivity index (χ2n) is 5.68. The molecule has 0 aromatic heterocycles. The first kappa shape index (κ1) is 13.9. The minimum absolute atomic E-state index is 0.182. The lowest BCUT2D eigenvalue weighted by Gasteiger charge is -2.42. The SMILES string of the molecule is O=C(CCCl)N1CCN(C2CC2)CC1c1ccccc1. The number of carbonyl (C=O) groups excluding carboxylic acids is 1. The smallest absolute Gasteiger partial charge is 0.224 e. The predicted molar refractivity (Wildman–Crippen MR) is 80.8 cm³/mol. The summed E-state index contributed by atoms with van der Waals surface area (Å²) in [6, 6.07) is 11.3. The molecule has 2 fully saturated rings. The Morgan fingerprint density at radius 1 is 1.20 bits per heavy atom. The number of benzene rings is 1. The van der Waals surface area contributed by atoms with Crippen LogP contribution >= 0.6 is 11.6 Å². The molecule has 1 saturated carbocycles. The molecule has 1 atom stereocenters. The second kappa shape index (κ2) is 6.15. The number of amides is 1. The zero-order chi connectivity index (χ0) is 13.9. The van der Waals surface area contributed by atoms with Crippen molar-refractivity contribution in [3.8, 4) is 0 Å². The van der Waals surface area contributed by atoms with Crippen LogP contribution in [0.15, 0.2) is 30.3 Å². The molecule has 1 aromatic carbocycles. The molecule has 0 spiro atoms. The predicted octanol–water partition coefficient (Wildman–Crippen LogP) is 2.66. The molecular weight excluding hydrogens is 272 g/mol. The molecular formula is C16H21ClN2O.